The van der Waals surface area contributed by atoms with Crippen LogP contribution in [0.2, 0.25) is 0 Å². The summed E-state index contributed by atoms with van der Waals surface area (Å²) in [6, 6.07) is 0.902. The van der Waals surface area contributed by atoms with Gasteiger partial charge < -0.3 is 16.0 Å². The number of nitrogens with one attached hydrogen (secondary N) is 1. The van der Waals surface area contributed by atoms with Gasteiger partial charge in [-0.25, -0.2) is 4.98 Å². The molecule has 1 saturated carbocycles. The van der Waals surface area contributed by atoms with E-state index in [0.29, 0.717) is 22.8 Å². The number of carbonyl (C=O) groups excluding carboxylic acids is 1. The predicted molar refractivity (Wildman–Crippen MR) is 86.8 cm³/mol. The molecule has 2 fully saturated rings. The van der Waals surface area contributed by atoms with Crippen LogP contribution in [0.5, 0.6) is 0 Å². The molecule has 5 nitrogen and oxygen atoms in total. The minimum atomic E-state index is 0.0759. The van der Waals surface area contributed by atoms with Gasteiger partial charge in [-0.3, -0.25) is 4.79 Å². The van der Waals surface area contributed by atoms with Crippen molar-refractivity contribution in [1.29, 1.82) is 0 Å². The van der Waals surface area contributed by atoms with E-state index in [1.54, 1.807) is 0 Å². The zero-order valence-corrected chi connectivity index (χ0v) is 13.4. The van der Waals surface area contributed by atoms with Crippen molar-refractivity contribution in [2.24, 2.45) is 0 Å². The number of likely N-dealkylation sites (tertiary alicyclic amines) is 1. The molecule has 116 valence electrons. The van der Waals surface area contributed by atoms with Gasteiger partial charge in [0.2, 0.25) is 0 Å². The fraction of sp³-hybridized carbons (Fsp3) is 0.733. The molecule has 21 heavy (non-hydrogen) atoms. The molecule has 2 aliphatic rings. The molecule has 0 aromatic carbocycles. The van der Waals surface area contributed by atoms with Crippen molar-refractivity contribution in [1.82, 2.24) is 9.88 Å². The van der Waals surface area contributed by atoms with Gasteiger partial charge in [-0.05, 0) is 38.5 Å². The topological polar surface area (TPSA) is 71.2 Å². The molecule has 1 unspecified atom stereocenters. The molecule has 3 N–H and O–H groups in total. The molecule has 2 heterocycles. The minimum Gasteiger partial charge on any atom is -0.382 e. The monoisotopic (exact) mass is 308 g/mol. The molecule has 1 amide bonds. The van der Waals surface area contributed by atoms with Crippen LogP contribution in [0.15, 0.2) is 0 Å². The van der Waals surface area contributed by atoms with Crippen LogP contribution in [-0.2, 0) is 0 Å². The van der Waals surface area contributed by atoms with Crippen molar-refractivity contribution in [3.8, 4) is 0 Å². The van der Waals surface area contributed by atoms with E-state index in [-0.39, 0.29) is 5.91 Å². The summed E-state index contributed by atoms with van der Waals surface area (Å²) in [5.74, 6) is 0.459. The molecule has 1 saturated heterocycles. The molecule has 0 bridgehead atoms. The molecule has 3 rings (SSSR count). The second-order valence-corrected chi connectivity index (χ2v) is 7.09. The van der Waals surface area contributed by atoms with E-state index in [1.165, 1.54) is 30.6 Å². The van der Waals surface area contributed by atoms with E-state index in [4.69, 9.17) is 5.73 Å². The number of nitrogen functional groups attached to an aromatic ring is 1. The minimum absolute atomic E-state index is 0.0759. The number of rotatable bonds is 5. The molecule has 0 spiro atoms. The van der Waals surface area contributed by atoms with Crippen LogP contribution in [0, 0.1) is 0 Å². The van der Waals surface area contributed by atoms with Crippen LogP contribution in [0.1, 0.15) is 61.5 Å². The van der Waals surface area contributed by atoms with Gasteiger partial charge in [0.15, 0.2) is 5.13 Å². The summed E-state index contributed by atoms with van der Waals surface area (Å²) >= 11 is 1.41. The van der Waals surface area contributed by atoms with Gasteiger partial charge in [0, 0.05) is 18.6 Å². The lowest BCUT2D eigenvalue weighted by Gasteiger charge is -2.35. The van der Waals surface area contributed by atoms with Crippen molar-refractivity contribution in [3.63, 3.8) is 0 Å². The van der Waals surface area contributed by atoms with Gasteiger partial charge in [0.1, 0.15) is 10.7 Å². The first kappa shape index (κ1) is 14.6. The SMILES string of the molecule is CCCC1CCCCN1C(=O)c1sc(NC2CC2)nc1N. The highest BCUT2D eigenvalue weighted by molar-refractivity contribution is 7.18. The molecule has 6 heteroatoms. The largest absolute Gasteiger partial charge is 0.382 e. The average Bonchev–Trinajstić information content (AvgIpc) is 3.21. The normalized spacial score (nSPS) is 22.3. The van der Waals surface area contributed by atoms with Gasteiger partial charge in [0.05, 0.1) is 0 Å². The Labute approximate surface area is 129 Å². The number of hydrogen-bond donors (Lipinski definition) is 2. The quantitative estimate of drug-likeness (QED) is 0.877. The first-order valence-electron chi connectivity index (χ1n) is 8.03. The highest BCUT2D eigenvalue weighted by Crippen LogP contribution is 2.32. The van der Waals surface area contributed by atoms with Gasteiger partial charge in [-0.2, -0.15) is 0 Å². The van der Waals surface area contributed by atoms with Gasteiger partial charge in [0.25, 0.3) is 5.91 Å². The van der Waals surface area contributed by atoms with Crippen LogP contribution in [0.3, 0.4) is 0 Å². The Bertz CT molecular complexity index is 510. The predicted octanol–water partition coefficient (Wildman–Crippen LogP) is 3.09. The summed E-state index contributed by atoms with van der Waals surface area (Å²) in [4.78, 5) is 19.8. The number of hydrogen-bond acceptors (Lipinski definition) is 5. The maximum absolute atomic E-state index is 12.8. The van der Waals surface area contributed by atoms with Crippen LogP contribution in [-0.4, -0.2) is 34.4 Å². The van der Waals surface area contributed by atoms with E-state index in [2.05, 4.69) is 17.2 Å². The Balaban J connectivity index is 1.74. The third-order valence-corrected chi connectivity index (χ3v) is 5.25. The summed E-state index contributed by atoms with van der Waals surface area (Å²) in [6.45, 7) is 3.03. The summed E-state index contributed by atoms with van der Waals surface area (Å²) in [7, 11) is 0. The lowest BCUT2D eigenvalue weighted by Crippen LogP contribution is -2.43. The number of nitrogens with zero attached hydrogens (tertiary/aromatic N) is 2. The first-order chi connectivity index (χ1) is 10.2. The lowest BCUT2D eigenvalue weighted by molar-refractivity contribution is 0.0606. The van der Waals surface area contributed by atoms with E-state index in [9.17, 15) is 4.79 Å². The molecular formula is C15H24N4OS. The number of piperidine rings is 1. The van der Waals surface area contributed by atoms with Gasteiger partial charge >= 0.3 is 0 Å². The van der Waals surface area contributed by atoms with Crippen LogP contribution < -0.4 is 11.1 Å². The fourth-order valence-corrected chi connectivity index (χ4v) is 3.90. The third-order valence-electron chi connectivity index (χ3n) is 4.26. The van der Waals surface area contributed by atoms with Crippen molar-refractivity contribution >= 4 is 28.2 Å². The number of amides is 1. The molecule has 1 aliphatic carbocycles. The Morgan fingerprint density at radius 2 is 2.24 bits per heavy atom. The molecule has 1 aliphatic heterocycles. The van der Waals surface area contributed by atoms with Crippen molar-refractivity contribution in [2.45, 2.75) is 64.0 Å². The molecular weight excluding hydrogens is 284 g/mol. The first-order valence-corrected chi connectivity index (χ1v) is 8.84. The Hall–Kier alpha value is -1.30. The average molecular weight is 308 g/mol. The van der Waals surface area contributed by atoms with Crippen molar-refractivity contribution in [2.75, 3.05) is 17.6 Å². The lowest BCUT2D eigenvalue weighted by atomic mass is 9.98. The maximum Gasteiger partial charge on any atom is 0.268 e. The molecule has 1 aromatic heterocycles. The molecule has 0 radical (unpaired) electrons. The van der Waals surface area contributed by atoms with Crippen molar-refractivity contribution in [3.05, 3.63) is 4.88 Å². The fourth-order valence-electron chi connectivity index (χ4n) is 2.98. The van der Waals surface area contributed by atoms with Crippen LogP contribution in [0.25, 0.3) is 0 Å². The summed E-state index contributed by atoms with van der Waals surface area (Å²) < 4.78 is 0. The summed E-state index contributed by atoms with van der Waals surface area (Å²) in [6.07, 6.45) is 8.00. The van der Waals surface area contributed by atoms with E-state index >= 15 is 0 Å². The molecule has 1 aromatic rings. The molecule has 1 atom stereocenters. The van der Waals surface area contributed by atoms with E-state index in [0.717, 1.165) is 37.4 Å². The maximum atomic E-state index is 12.8. The Morgan fingerprint density at radius 1 is 1.43 bits per heavy atom. The second kappa shape index (κ2) is 6.22. The van der Waals surface area contributed by atoms with Crippen LogP contribution in [0.4, 0.5) is 10.9 Å². The standard InChI is InChI=1S/C15H24N4OS/c1-2-5-11-6-3-4-9-19(11)14(20)12-13(16)18-15(21-12)17-10-7-8-10/h10-11H,2-9,16H2,1H3,(H,17,18). The number of nitrogens with two attached hydrogens (primary N) is 1. The Morgan fingerprint density at radius 3 is 2.95 bits per heavy atom. The zero-order chi connectivity index (χ0) is 14.8. The van der Waals surface area contributed by atoms with E-state index in [1.807, 2.05) is 4.90 Å². The third kappa shape index (κ3) is 3.31. The van der Waals surface area contributed by atoms with Gasteiger partial charge in [-0.1, -0.05) is 24.7 Å². The summed E-state index contributed by atoms with van der Waals surface area (Å²) in [5, 5.41) is 4.12. The smallest absolute Gasteiger partial charge is 0.268 e. The van der Waals surface area contributed by atoms with E-state index < -0.39 is 0 Å². The number of carbonyl (C=O) groups is 1. The number of anilines is 2. The highest BCUT2D eigenvalue weighted by atomic mass is 32.1. The van der Waals surface area contributed by atoms with Crippen LogP contribution >= 0.6 is 11.3 Å². The second-order valence-electron chi connectivity index (χ2n) is 6.09. The number of thiazole rings is 1. The highest BCUT2D eigenvalue weighted by Gasteiger charge is 2.30. The zero-order valence-electron chi connectivity index (χ0n) is 12.6. The summed E-state index contributed by atoms with van der Waals surface area (Å²) in [5.41, 5.74) is 5.98. The van der Waals surface area contributed by atoms with Crippen molar-refractivity contribution < 1.29 is 4.79 Å². The number of aromatic nitrogens is 1. The van der Waals surface area contributed by atoms with Gasteiger partial charge in [-0.15, -0.1) is 0 Å². The Kier molecular flexibility index (Phi) is 4.33.